The molecule has 0 amide bonds. The molecule has 88 valence electrons. The average Bonchev–Trinajstić information content (AvgIpc) is 2.98. The van der Waals surface area contributed by atoms with Crippen LogP contribution in [0.2, 0.25) is 5.02 Å². The Morgan fingerprint density at radius 3 is 2.62 bits per heavy atom. The summed E-state index contributed by atoms with van der Waals surface area (Å²) in [5.41, 5.74) is -0.785. The Hall–Kier alpha value is -0.940. The van der Waals surface area contributed by atoms with E-state index in [0.29, 0.717) is 13.2 Å². The Balaban J connectivity index is 2.09. The first-order valence-electron chi connectivity index (χ1n) is 4.58. The molecule has 0 aliphatic carbocycles. The zero-order chi connectivity index (χ0) is 11.8. The van der Waals surface area contributed by atoms with Gasteiger partial charge in [-0.3, -0.25) is 0 Å². The lowest BCUT2D eigenvalue weighted by molar-refractivity contribution is -0.137. The molecule has 1 aliphatic rings. The minimum absolute atomic E-state index is 0.0401. The van der Waals surface area contributed by atoms with Crippen LogP contribution in [0, 0.1) is 0 Å². The van der Waals surface area contributed by atoms with Crippen molar-refractivity contribution in [1.82, 2.24) is 0 Å². The number of alkyl halides is 3. The second kappa shape index (κ2) is 4.14. The Morgan fingerprint density at radius 1 is 1.44 bits per heavy atom. The molecule has 1 aliphatic heterocycles. The third kappa shape index (κ3) is 2.80. The number of halogens is 4. The highest BCUT2D eigenvalue weighted by atomic mass is 35.5. The fourth-order valence-corrected chi connectivity index (χ4v) is 1.38. The number of ether oxygens (including phenoxy) is 2. The summed E-state index contributed by atoms with van der Waals surface area (Å²) >= 11 is 5.67. The van der Waals surface area contributed by atoms with E-state index in [9.17, 15) is 13.2 Å². The maximum atomic E-state index is 12.3. The van der Waals surface area contributed by atoms with E-state index in [1.807, 2.05) is 0 Å². The summed E-state index contributed by atoms with van der Waals surface area (Å²) in [6, 6.07) is 3.01. The van der Waals surface area contributed by atoms with Crippen molar-refractivity contribution in [1.29, 1.82) is 0 Å². The molecule has 0 spiro atoms. The molecule has 1 aromatic rings. The van der Waals surface area contributed by atoms with Gasteiger partial charge in [0.1, 0.15) is 18.5 Å². The van der Waals surface area contributed by atoms with Crippen LogP contribution >= 0.6 is 11.6 Å². The quantitative estimate of drug-likeness (QED) is 0.771. The molecule has 2 nitrogen and oxygen atoms in total. The molecule has 1 aromatic carbocycles. The van der Waals surface area contributed by atoms with Gasteiger partial charge < -0.3 is 9.47 Å². The molecule has 1 atom stereocenters. The van der Waals surface area contributed by atoms with E-state index >= 15 is 0 Å². The zero-order valence-electron chi connectivity index (χ0n) is 8.05. The molecule has 16 heavy (non-hydrogen) atoms. The largest absolute Gasteiger partial charge is 0.489 e. The normalized spacial score (nSPS) is 19.6. The van der Waals surface area contributed by atoms with E-state index in [1.165, 1.54) is 6.07 Å². The van der Waals surface area contributed by atoms with E-state index in [4.69, 9.17) is 21.1 Å². The van der Waals surface area contributed by atoms with Gasteiger partial charge in [-0.25, -0.2) is 0 Å². The topological polar surface area (TPSA) is 21.8 Å². The molecule has 2 rings (SSSR count). The van der Waals surface area contributed by atoms with Crippen LogP contribution in [0.25, 0.3) is 0 Å². The molecule has 0 bridgehead atoms. The lowest BCUT2D eigenvalue weighted by atomic mass is 10.2. The van der Waals surface area contributed by atoms with Crippen LogP contribution in [-0.2, 0) is 10.9 Å². The fourth-order valence-electron chi connectivity index (χ4n) is 1.14. The highest BCUT2D eigenvalue weighted by Gasteiger charge is 2.31. The molecule has 1 heterocycles. The van der Waals surface area contributed by atoms with Crippen molar-refractivity contribution in [2.75, 3.05) is 13.2 Å². The van der Waals surface area contributed by atoms with Gasteiger partial charge in [0, 0.05) is 0 Å². The van der Waals surface area contributed by atoms with Crippen LogP contribution in [0.3, 0.4) is 0 Å². The van der Waals surface area contributed by atoms with E-state index in [0.717, 1.165) is 12.1 Å². The number of rotatable bonds is 3. The molecule has 6 heteroatoms. The van der Waals surface area contributed by atoms with Crippen molar-refractivity contribution in [3.8, 4) is 5.75 Å². The second-order valence-corrected chi connectivity index (χ2v) is 3.82. The zero-order valence-corrected chi connectivity index (χ0v) is 8.81. The smallest absolute Gasteiger partial charge is 0.416 e. The maximum Gasteiger partial charge on any atom is 0.416 e. The predicted molar refractivity (Wildman–Crippen MR) is 51.7 cm³/mol. The monoisotopic (exact) mass is 252 g/mol. The molecular formula is C10H8ClF3O2. The van der Waals surface area contributed by atoms with Gasteiger partial charge in [-0.2, -0.15) is 13.2 Å². The summed E-state index contributed by atoms with van der Waals surface area (Å²) in [6.07, 6.45) is -4.35. The van der Waals surface area contributed by atoms with Crippen molar-refractivity contribution in [3.63, 3.8) is 0 Å². The number of epoxide rings is 1. The first-order chi connectivity index (χ1) is 7.47. The Morgan fingerprint density at radius 2 is 2.12 bits per heavy atom. The van der Waals surface area contributed by atoms with E-state index < -0.39 is 11.7 Å². The molecule has 0 aromatic heterocycles. The van der Waals surface area contributed by atoms with Crippen molar-refractivity contribution < 1.29 is 22.6 Å². The van der Waals surface area contributed by atoms with Gasteiger partial charge in [0.25, 0.3) is 0 Å². The Kier molecular flexibility index (Phi) is 2.99. The van der Waals surface area contributed by atoms with Crippen LogP contribution < -0.4 is 4.74 Å². The van der Waals surface area contributed by atoms with Gasteiger partial charge >= 0.3 is 6.18 Å². The first kappa shape index (κ1) is 11.5. The Labute approximate surface area is 94.9 Å². The summed E-state index contributed by atoms with van der Waals surface area (Å²) in [5.74, 6) is 0.241. The minimum atomic E-state index is -4.39. The minimum Gasteiger partial charge on any atom is -0.489 e. The third-order valence-corrected chi connectivity index (χ3v) is 2.38. The predicted octanol–water partition coefficient (Wildman–Crippen LogP) is 3.14. The Bertz CT molecular complexity index is 388. The van der Waals surface area contributed by atoms with Crippen LogP contribution in [0.5, 0.6) is 5.75 Å². The standard InChI is InChI=1S/C10H8ClF3O2/c11-8-3-6(10(12,13)14)1-2-9(8)16-5-7-4-15-7/h1-3,7H,4-5H2/t7-/m0/s1. The molecule has 1 saturated heterocycles. The lowest BCUT2D eigenvalue weighted by Crippen LogP contribution is -2.07. The highest BCUT2D eigenvalue weighted by Crippen LogP contribution is 2.34. The van der Waals surface area contributed by atoms with Gasteiger partial charge in [-0.05, 0) is 18.2 Å². The molecule has 0 saturated carbocycles. The summed E-state index contributed by atoms with van der Waals surface area (Å²) in [6.45, 7) is 0.934. The van der Waals surface area contributed by atoms with Crippen LogP contribution in [-0.4, -0.2) is 19.3 Å². The first-order valence-corrected chi connectivity index (χ1v) is 4.96. The summed E-state index contributed by atoms with van der Waals surface area (Å²) in [7, 11) is 0. The lowest BCUT2D eigenvalue weighted by Gasteiger charge is -2.10. The summed E-state index contributed by atoms with van der Waals surface area (Å²) in [5, 5.41) is -0.0459. The average molecular weight is 253 g/mol. The van der Waals surface area contributed by atoms with Crippen molar-refractivity contribution in [3.05, 3.63) is 28.8 Å². The molecule has 1 fully saturated rings. The number of benzene rings is 1. The van der Waals surface area contributed by atoms with Crippen molar-refractivity contribution >= 4 is 11.6 Å². The van der Waals surface area contributed by atoms with Gasteiger partial charge in [-0.1, -0.05) is 11.6 Å². The van der Waals surface area contributed by atoms with Crippen LogP contribution in [0.4, 0.5) is 13.2 Å². The molecule has 0 radical (unpaired) electrons. The van der Waals surface area contributed by atoms with Gasteiger partial charge in [-0.15, -0.1) is 0 Å². The SMILES string of the molecule is FC(F)(F)c1ccc(OC[C@@H]2CO2)c(Cl)c1. The van der Waals surface area contributed by atoms with Gasteiger partial charge in [0.05, 0.1) is 17.2 Å². The fraction of sp³-hybridized carbons (Fsp3) is 0.400. The van der Waals surface area contributed by atoms with E-state index in [2.05, 4.69) is 0 Å². The van der Waals surface area contributed by atoms with Crippen molar-refractivity contribution in [2.24, 2.45) is 0 Å². The third-order valence-electron chi connectivity index (χ3n) is 2.09. The van der Waals surface area contributed by atoms with Crippen LogP contribution in [0.15, 0.2) is 18.2 Å². The van der Waals surface area contributed by atoms with Crippen molar-refractivity contribution in [2.45, 2.75) is 12.3 Å². The summed E-state index contributed by atoms with van der Waals surface area (Å²) < 4.78 is 47.0. The molecule has 0 unspecified atom stereocenters. The number of hydrogen-bond acceptors (Lipinski definition) is 2. The number of hydrogen-bond donors (Lipinski definition) is 0. The maximum absolute atomic E-state index is 12.3. The highest BCUT2D eigenvalue weighted by molar-refractivity contribution is 6.32. The van der Waals surface area contributed by atoms with Gasteiger partial charge in [0.15, 0.2) is 0 Å². The van der Waals surface area contributed by atoms with E-state index in [-0.39, 0.29) is 16.9 Å². The van der Waals surface area contributed by atoms with Crippen LogP contribution in [0.1, 0.15) is 5.56 Å². The molecular weight excluding hydrogens is 245 g/mol. The summed E-state index contributed by atoms with van der Waals surface area (Å²) in [4.78, 5) is 0. The van der Waals surface area contributed by atoms with E-state index in [1.54, 1.807) is 0 Å². The molecule has 0 N–H and O–H groups in total. The van der Waals surface area contributed by atoms with Gasteiger partial charge in [0.2, 0.25) is 0 Å². The second-order valence-electron chi connectivity index (χ2n) is 3.41.